The zero-order valence-electron chi connectivity index (χ0n) is 21.9. The SMILES string of the molecule is C=C(Nc1cncc(-c2cnc3n[nH]c(-c4cc5c(-c6ccc(F)cc6)ccnc5[nH]4)c3c2)c1)C1CCCCC1. The van der Waals surface area contributed by atoms with Gasteiger partial charge in [0.1, 0.15) is 11.5 Å². The summed E-state index contributed by atoms with van der Waals surface area (Å²) in [5.74, 6) is 0.250. The maximum atomic E-state index is 13.5. The average molecular weight is 530 g/mol. The molecule has 1 saturated carbocycles. The summed E-state index contributed by atoms with van der Waals surface area (Å²) >= 11 is 0. The molecule has 40 heavy (non-hydrogen) atoms. The molecule has 0 bridgehead atoms. The number of hydrogen-bond acceptors (Lipinski definition) is 5. The van der Waals surface area contributed by atoms with E-state index in [9.17, 15) is 4.39 Å². The molecule has 1 aromatic carbocycles. The molecule has 0 unspecified atom stereocenters. The van der Waals surface area contributed by atoms with Gasteiger partial charge >= 0.3 is 0 Å². The van der Waals surface area contributed by atoms with E-state index in [1.807, 2.05) is 30.7 Å². The van der Waals surface area contributed by atoms with Gasteiger partial charge in [-0.1, -0.05) is 38.0 Å². The number of nitrogens with zero attached hydrogens (tertiary/aromatic N) is 4. The summed E-state index contributed by atoms with van der Waals surface area (Å²) in [5.41, 5.74) is 8.81. The molecule has 7 rings (SSSR count). The zero-order valence-corrected chi connectivity index (χ0v) is 21.9. The number of pyridine rings is 3. The lowest BCUT2D eigenvalue weighted by Gasteiger charge is -2.24. The highest BCUT2D eigenvalue weighted by molar-refractivity contribution is 5.99. The van der Waals surface area contributed by atoms with E-state index < -0.39 is 0 Å². The maximum absolute atomic E-state index is 13.5. The Bertz CT molecular complexity index is 1850. The van der Waals surface area contributed by atoms with Crippen LogP contribution in [0.1, 0.15) is 32.1 Å². The largest absolute Gasteiger partial charge is 0.358 e. The van der Waals surface area contributed by atoms with Crippen molar-refractivity contribution < 1.29 is 4.39 Å². The number of aromatic amines is 2. The summed E-state index contributed by atoms with van der Waals surface area (Å²) in [5, 5.41) is 12.9. The standard InChI is InChI=1S/C32H28FN7/c1-19(20-5-3-2-4-6-20)37-25-13-22(16-34-18-25)23-14-28-30(39-40-32(28)36-17-23)29-15-27-26(11-12-35-31(27)38-29)21-7-9-24(33)10-8-21/h7-18,20,37H,1-6H2,(H,35,38)(H,36,39,40). The van der Waals surface area contributed by atoms with Crippen molar-refractivity contribution in [3.8, 4) is 33.6 Å². The number of H-pyrrole nitrogens is 2. The minimum absolute atomic E-state index is 0.262. The van der Waals surface area contributed by atoms with E-state index >= 15 is 0 Å². The highest BCUT2D eigenvalue weighted by Gasteiger charge is 2.18. The zero-order chi connectivity index (χ0) is 27.1. The topological polar surface area (TPSA) is 95.2 Å². The molecule has 1 fully saturated rings. The average Bonchev–Trinajstić information content (AvgIpc) is 3.62. The highest BCUT2D eigenvalue weighted by atomic mass is 19.1. The van der Waals surface area contributed by atoms with Crippen molar-refractivity contribution in [1.29, 1.82) is 0 Å². The molecule has 0 radical (unpaired) electrons. The van der Waals surface area contributed by atoms with Gasteiger partial charge in [-0.2, -0.15) is 5.10 Å². The van der Waals surface area contributed by atoms with Gasteiger partial charge < -0.3 is 10.3 Å². The van der Waals surface area contributed by atoms with Crippen LogP contribution in [0.25, 0.3) is 55.7 Å². The Labute approximate surface area is 230 Å². The number of anilines is 1. The van der Waals surface area contributed by atoms with Crippen LogP contribution in [0.5, 0.6) is 0 Å². The number of fused-ring (bicyclic) bond motifs is 2. The van der Waals surface area contributed by atoms with Crippen molar-refractivity contribution in [3.05, 3.63) is 91.4 Å². The number of nitrogens with one attached hydrogen (secondary N) is 3. The van der Waals surface area contributed by atoms with Gasteiger partial charge in [-0.05, 0) is 66.3 Å². The van der Waals surface area contributed by atoms with Crippen LogP contribution in [0.2, 0.25) is 0 Å². The van der Waals surface area contributed by atoms with Crippen molar-refractivity contribution in [1.82, 2.24) is 30.1 Å². The maximum Gasteiger partial charge on any atom is 0.181 e. The van der Waals surface area contributed by atoms with E-state index in [0.29, 0.717) is 11.6 Å². The van der Waals surface area contributed by atoms with Crippen molar-refractivity contribution in [2.45, 2.75) is 32.1 Å². The molecular weight excluding hydrogens is 501 g/mol. The van der Waals surface area contributed by atoms with Crippen LogP contribution in [0.15, 0.2) is 85.6 Å². The number of halogens is 1. The Morgan fingerprint density at radius 2 is 1.70 bits per heavy atom. The molecule has 1 aliphatic rings. The Morgan fingerprint density at radius 1 is 0.875 bits per heavy atom. The minimum Gasteiger partial charge on any atom is -0.358 e. The minimum atomic E-state index is -0.262. The fourth-order valence-electron chi connectivity index (χ4n) is 5.71. The monoisotopic (exact) mass is 529 g/mol. The van der Waals surface area contributed by atoms with Gasteiger partial charge in [0.15, 0.2) is 5.65 Å². The molecule has 0 saturated heterocycles. The van der Waals surface area contributed by atoms with Gasteiger partial charge in [0.25, 0.3) is 0 Å². The van der Waals surface area contributed by atoms with Crippen LogP contribution in [-0.2, 0) is 0 Å². The first-order valence-electron chi connectivity index (χ1n) is 13.6. The van der Waals surface area contributed by atoms with Crippen molar-refractivity contribution >= 4 is 27.8 Å². The molecule has 0 aliphatic heterocycles. The number of aromatic nitrogens is 6. The lowest BCUT2D eigenvalue weighted by atomic mass is 9.87. The third-order valence-corrected chi connectivity index (χ3v) is 7.84. The third kappa shape index (κ3) is 4.51. The van der Waals surface area contributed by atoms with Crippen LogP contribution in [-0.4, -0.2) is 30.1 Å². The van der Waals surface area contributed by atoms with Crippen LogP contribution >= 0.6 is 0 Å². The molecule has 7 nitrogen and oxygen atoms in total. The van der Waals surface area contributed by atoms with Gasteiger partial charge in [0.2, 0.25) is 0 Å². The fourth-order valence-corrected chi connectivity index (χ4v) is 5.71. The molecule has 0 atom stereocenters. The molecule has 3 N–H and O–H groups in total. The quantitative estimate of drug-likeness (QED) is 0.204. The second-order valence-electron chi connectivity index (χ2n) is 10.5. The third-order valence-electron chi connectivity index (χ3n) is 7.84. The van der Waals surface area contributed by atoms with Crippen molar-refractivity contribution in [2.75, 3.05) is 5.32 Å². The molecule has 6 aromatic rings. The molecule has 8 heteroatoms. The Hall–Kier alpha value is -4.85. The predicted octanol–water partition coefficient (Wildman–Crippen LogP) is 7.88. The molecule has 1 aliphatic carbocycles. The van der Waals surface area contributed by atoms with Crippen LogP contribution in [0.3, 0.4) is 0 Å². The van der Waals surface area contributed by atoms with Gasteiger partial charge in [-0.3, -0.25) is 10.1 Å². The number of benzene rings is 1. The van der Waals surface area contributed by atoms with E-state index in [2.05, 4.69) is 54.2 Å². The molecule has 198 valence electrons. The predicted molar refractivity (Wildman–Crippen MR) is 157 cm³/mol. The summed E-state index contributed by atoms with van der Waals surface area (Å²) in [6.07, 6.45) is 13.5. The highest BCUT2D eigenvalue weighted by Crippen LogP contribution is 2.35. The molecular formula is C32H28FN7. The first-order chi connectivity index (χ1) is 19.6. The van der Waals surface area contributed by atoms with Gasteiger partial charge in [0.05, 0.1) is 23.3 Å². The van der Waals surface area contributed by atoms with Crippen LogP contribution < -0.4 is 5.32 Å². The first kappa shape index (κ1) is 24.2. The Morgan fingerprint density at radius 3 is 2.55 bits per heavy atom. The Balaban J connectivity index is 1.22. The van der Waals surface area contributed by atoms with Gasteiger partial charge in [-0.25, -0.2) is 14.4 Å². The first-order valence-corrected chi connectivity index (χ1v) is 13.6. The van der Waals surface area contributed by atoms with E-state index in [1.54, 1.807) is 18.3 Å². The second-order valence-corrected chi connectivity index (χ2v) is 10.5. The molecule has 5 aromatic heterocycles. The molecule has 0 amide bonds. The summed E-state index contributed by atoms with van der Waals surface area (Å²) in [4.78, 5) is 17.1. The fraction of sp³-hybridized carbons (Fsp3) is 0.188. The molecule has 0 spiro atoms. The number of rotatable bonds is 6. The summed E-state index contributed by atoms with van der Waals surface area (Å²) in [6.45, 7) is 4.31. The number of allylic oxidation sites excluding steroid dienone is 1. The van der Waals surface area contributed by atoms with E-state index in [-0.39, 0.29) is 5.82 Å². The summed E-state index contributed by atoms with van der Waals surface area (Å²) in [6, 6.07) is 14.6. The second kappa shape index (κ2) is 10.0. The van der Waals surface area contributed by atoms with Gasteiger partial charge in [0, 0.05) is 46.2 Å². The van der Waals surface area contributed by atoms with Crippen molar-refractivity contribution in [2.24, 2.45) is 5.92 Å². The Kier molecular flexibility index (Phi) is 6.07. The van der Waals surface area contributed by atoms with Crippen LogP contribution in [0.4, 0.5) is 10.1 Å². The lowest BCUT2D eigenvalue weighted by molar-refractivity contribution is 0.405. The lowest BCUT2D eigenvalue weighted by Crippen LogP contribution is -2.14. The smallest absolute Gasteiger partial charge is 0.181 e. The summed E-state index contributed by atoms with van der Waals surface area (Å²) < 4.78 is 13.5. The van der Waals surface area contributed by atoms with Gasteiger partial charge in [-0.15, -0.1) is 0 Å². The number of hydrogen-bond donors (Lipinski definition) is 3. The van der Waals surface area contributed by atoms with E-state index in [4.69, 9.17) is 0 Å². The van der Waals surface area contributed by atoms with E-state index in [0.717, 1.165) is 61.4 Å². The molecule has 5 heterocycles. The van der Waals surface area contributed by atoms with Crippen molar-refractivity contribution in [3.63, 3.8) is 0 Å². The normalized spacial score (nSPS) is 14.1. The summed E-state index contributed by atoms with van der Waals surface area (Å²) in [7, 11) is 0. The van der Waals surface area contributed by atoms with Crippen LogP contribution in [0, 0.1) is 11.7 Å². The van der Waals surface area contributed by atoms with E-state index in [1.165, 1.54) is 44.2 Å².